The third kappa shape index (κ3) is 7.38. The first-order chi connectivity index (χ1) is 18.5. The fourth-order valence-electron chi connectivity index (χ4n) is 5.68. The molecule has 39 heavy (non-hydrogen) atoms. The van der Waals surface area contributed by atoms with Crippen molar-refractivity contribution in [2.75, 3.05) is 19.7 Å². The molecule has 2 aromatic carbocycles. The lowest BCUT2D eigenvalue weighted by molar-refractivity contribution is -0.127. The van der Waals surface area contributed by atoms with Crippen LogP contribution < -0.4 is 5.32 Å². The molecule has 1 saturated carbocycles. The van der Waals surface area contributed by atoms with E-state index >= 15 is 0 Å². The van der Waals surface area contributed by atoms with Crippen LogP contribution in [0.15, 0.2) is 53.4 Å². The third-order valence-corrected chi connectivity index (χ3v) is 9.82. The molecular weight excluding hydrogens is 543 g/mol. The minimum Gasteiger partial charge on any atom is -0.390 e. The minimum atomic E-state index is -4.10. The van der Waals surface area contributed by atoms with Gasteiger partial charge in [0.05, 0.1) is 27.7 Å². The highest BCUT2D eigenvalue weighted by Gasteiger charge is 2.45. The zero-order valence-electron chi connectivity index (χ0n) is 22.5. The molecular formula is C29H38ClFN2O5S. The van der Waals surface area contributed by atoms with Crippen molar-refractivity contribution in [3.8, 4) is 0 Å². The number of ether oxygens (including phenoxy) is 1. The van der Waals surface area contributed by atoms with E-state index in [-0.39, 0.29) is 46.4 Å². The fourth-order valence-corrected chi connectivity index (χ4v) is 7.57. The minimum absolute atomic E-state index is 0.0499. The Morgan fingerprint density at radius 3 is 2.59 bits per heavy atom. The number of carbonyl (C=O) groups is 1. The van der Waals surface area contributed by atoms with Crippen molar-refractivity contribution in [2.24, 2.45) is 11.8 Å². The van der Waals surface area contributed by atoms with Crippen molar-refractivity contribution in [1.82, 2.24) is 9.62 Å². The molecule has 7 nitrogen and oxygen atoms in total. The van der Waals surface area contributed by atoms with Crippen LogP contribution in [-0.2, 0) is 26.0 Å². The number of nitrogens with zero attached hydrogens (tertiary/aromatic N) is 1. The van der Waals surface area contributed by atoms with Gasteiger partial charge in [-0.15, -0.1) is 0 Å². The zero-order chi connectivity index (χ0) is 28.2. The molecule has 1 amide bonds. The van der Waals surface area contributed by atoms with Gasteiger partial charge in [0.15, 0.2) is 0 Å². The molecule has 4 rings (SSSR count). The van der Waals surface area contributed by atoms with Crippen LogP contribution in [0.4, 0.5) is 4.39 Å². The molecule has 2 aliphatic rings. The smallest absolute Gasteiger partial charge is 0.243 e. The topological polar surface area (TPSA) is 95.9 Å². The summed E-state index contributed by atoms with van der Waals surface area (Å²) in [6, 6.07) is 12.0. The molecule has 1 spiro atoms. The van der Waals surface area contributed by atoms with Gasteiger partial charge in [0.25, 0.3) is 0 Å². The Hall–Kier alpha value is -2.04. The number of hydrogen-bond donors (Lipinski definition) is 2. The van der Waals surface area contributed by atoms with Crippen molar-refractivity contribution >= 4 is 27.5 Å². The summed E-state index contributed by atoms with van der Waals surface area (Å²) >= 11 is 5.88. The Morgan fingerprint density at radius 2 is 1.95 bits per heavy atom. The second kappa shape index (κ2) is 12.6. The first-order valence-electron chi connectivity index (χ1n) is 13.6. The van der Waals surface area contributed by atoms with E-state index in [4.69, 9.17) is 16.3 Å². The average Bonchev–Trinajstić information content (AvgIpc) is 3.54. The number of sulfonamides is 1. The first-order valence-corrected chi connectivity index (χ1v) is 15.4. The Kier molecular flexibility index (Phi) is 9.70. The highest BCUT2D eigenvalue weighted by Crippen LogP contribution is 2.44. The van der Waals surface area contributed by atoms with Crippen LogP contribution in [0.2, 0.25) is 5.02 Å². The van der Waals surface area contributed by atoms with Crippen LogP contribution in [-0.4, -0.2) is 61.2 Å². The molecule has 0 bridgehead atoms. The lowest BCUT2D eigenvalue weighted by Gasteiger charge is -2.31. The van der Waals surface area contributed by atoms with Crippen LogP contribution in [0, 0.1) is 17.7 Å². The molecule has 2 fully saturated rings. The van der Waals surface area contributed by atoms with Crippen LogP contribution >= 0.6 is 11.6 Å². The summed E-state index contributed by atoms with van der Waals surface area (Å²) in [6.45, 7) is 4.35. The normalized spacial score (nSPS) is 23.0. The number of rotatable bonds is 11. The van der Waals surface area contributed by atoms with E-state index in [1.54, 1.807) is 0 Å². The number of aliphatic hydroxyl groups excluding tert-OH is 1. The maximum Gasteiger partial charge on any atom is 0.243 e. The molecule has 2 unspecified atom stereocenters. The summed E-state index contributed by atoms with van der Waals surface area (Å²) < 4.78 is 48.0. The van der Waals surface area contributed by atoms with Crippen LogP contribution in [0.1, 0.15) is 51.5 Å². The predicted octanol–water partition coefficient (Wildman–Crippen LogP) is 4.56. The van der Waals surface area contributed by atoms with Gasteiger partial charge < -0.3 is 15.2 Å². The third-order valence-electron chi connectivity index (χ3n) is 7.70. The van der Waals surface area contributed by atoms with Crippen molar-refractivity contribution in [3.63, 3.8) is 0 Å². The predicted molar refractivity (Wildman–Crippen MR) is 148 cm³/mol. The highest BCUT2D eigenvalue weighted by molar-refractivity contribution is 7.89. The van der Waals surface area contributed by atoms with E-state index in [0.717, 1.165) is 50.0 Å². The van der Waals surface area contributed by atoms with Crippen molar-refractivity contribution in [2.45, 2.75) is 75.0 Å². The van der Waals surface area contributed by atoms with E-state index in [2.05, 4.69) is 5.32 Å². The molecule has 2 N–H and O–H groups in total. The van der Waals surface area contributed by atoms with Crippen LogP contribution in [0.5, 0.6) is 0 Å². The van der Waals surface area contributed by atoms with Gasteiger partial charge in [0, 0.05) is 25.6 Å². The van der Waals surface area contributed by atoms with E-state index in [9.17, 15) is 22.7 Å². The number of halogens is 2. The summed E-state index contributed by atoms with van der Waals surface area (Å²) in [4.78, 5) is 13.2. The van der Waals surface area contributed by atoms with Crippen LogP contribution in [0.25, 0.3) is 0 Å². The summed E-state index contributed by atoms with van der Waals surface area (Å²) in [7, 11) is -4.10. The van der Waals surface area contributed by atoms with Crippen molar-refractivity contribution in [1.29, 1.82) is 0 Å². The van der Waals surface area contributed by atoms with E-state index in [0.29, 0.717) is 12.8 Å². The Labute approximate surface area is 235 Å². The van der Waals surface area contributed by atoms with Crippen LogP contribution in [0.3, 0.4) is 0 Å². The summed E-state index contributed by atoms with van der Waals surface area (Å²) in [5.41, 5.74) is 0.696. The van der Waals surface area contributed by atoms with Gasteiger partial charge in [-0.3, -0.25) is 4.79 Å². The van der Waals surface area contributed by atoms with Crippen molar-refractivity contribution in [3.05, 3.63) is 64.9 Å². The molecule has 1 aliphatic carbocycles. The largest absolute Gasteiger partial charge is 0.390 e. The molecule has 2 aromatic rings. The Morgan fingerprint density at radius 1 is 1.21 bits per heavy atom. The lowest BCUT2D eigenvalue weighted by Crippen LogP contribution is -2.52. The Bertz CT molecular complexity index is 1240. The van der Waals surface area contributed by atoms with Gasteiger partial charge in [0.1, 0.15) is 5.82 Å². The van der Waals surface area contributed by atoms with Crippen molar-refractivity contribution < 1.29 is 27.4 Å². The summed E-state index contributed by atoms with van der Waals surface area (Å²) in [5.74, 6) is -1.13. The average molecular weight is 581 g/mol. The van der Waals surface area contributed by atoms with Gasteiger partial charge in [-0.1, -0.05) is 55.8 Å². The van der Waals surface area contributed by atoms with Gasteiger partial charge in [0.2, 0.25) is 15.9 Å². The number of carbonyl (C=O) groups excluding carboxylic acids is 1. The number of nitrogens with one attached hydrogen (secondary N) is 1. The second-order valence-corrected chi connectivity index (χ2v) is 13.6. The molecule has 1 aliphatic heterocycles. The van der Waals surface area contributed by atoms with Gasteiger partial charge >= 0.3 is 0 Å². The fraction of sp³-hybridized carbons (Fsp3) is 0.552. The van der Waals surface area contributed by atoms with Gasteiger partial charge in [-0.25, -0.2) is 12.8 Å². The second-order valence-electron chi connectivity index (χ2n) is 11.2. The maximum absolute atomic E-state index is 13.7. The monoisotopic (exact) mass is 580 g/mol. The SMILES string of the molecule is CC(C)CN(C[C@@H](O)[C@H](Cc1ccccc1)NC(=O)C1CCC2(CCCO2)C1)S(=O)(=O)c1ccc(F)c(Cl)c1. The molecule has 1 saturated heterocycles. The van der Waals surface area contributed by atoms with Gasteiger partial charge in [-0.05, 0) is 68.2 Å². The summed E-state index contributed by atoms with van der Waals surface area (Å²) in [5, 5.41) is 14.2. The molecule has 0 aromatic heterocycles. The standard InChI is InChI=1S/C29H38ClFN2O5S/c1-20(2)18-33(39(36,37)23-9-10-25(31)24(30)16-23)19-27(34)26(15-21-7-4-3-5-8-21)32-28(35)22-11-13-29(17-22)12-6-14-38-29/h3-5,7-10,16,20,22,26-27,34H,6,11-15,17-19H2,1-2H3,(H,32,35)/t22?,26-,27+,29?/m0/s1. The van der Waals surface area contributed by atoms with E-state index in [1.807, 2.05) is 44.2 Å². The molecule has 0 radical (unpaired) electrons. The first kappa shape index (κ1) is 29.9. The zero-order valence-corrected chi connectivity index (χ0v) is 24.1. The van der Waals surface area contributed by atoms with E-state index in [1.165, 1.54) is 10.4 Å². The lowest BCUT2D eigenvalue weighted by atomic mass is 9.95. The number of benzene rings is 2. The molecule has 1 heterocycles. The molecule has 10 heteroatoms. The highest BCUT2D eigenvalue weighted by atomic mass is 35.5. The number of aliphatic hydroxyl groups is 1. The van der Waals surface area contributed by atoms with E-state index < -0.39 is 28.0 Å². The Balaban J connectivity index is 1.54. The maximum atomic E-state index is 13.7. The molecule has 4 atom stereocenters. The molecule has 214 valence electrons. The van der Waals surface area contributed by atoms with Gasteiger partial charge in [-0.2, -0.15) is 4.31 Å². The number of hydrogen-bond acceptors (Lipinski definition) is 5. The number of amides is 1. The quantitative estimate of drug-likeness (QED) is 0.406. The summed E-state index contributed by atoms with van der Waals surface area (Å²) in [6.07, 6.45) is 3.32.